The van der Waals surface area contributed by atoms with Crippen LogP contribution in [0.3, 0.4) is 0 Å². The van der Waals surface area contributed by atoms with Crippen LogP contribution in [0, 0.1) is 51.2 Å². The summed E-state index contributed by atoms with van der Waals surface area (Å²) in [5, 5.41) is 10.2. The zero-order valence-electron chi connectivity index (χ0n) is 20.3. The summed E-state index contributed by atoms with van der Waals surface area (Å²) in [6, 6.07) is 2.71. The Hall–Kier alpha value is -1.10. The molecule has 3 fully saturated rings. The predicted octanol–water partition coefficient (Wildman–Crippen LogP) is 7.78. The topological polar surface area (TPSA) is 40.9 Å². The van der Waals surface area contributed by atoms with E-state index in [1.54, 1.807) is 11.1 Å². The maximum absolute atomic E-state index is 12.3. The number of hydrogen-bond acceptors (Lipinski definition) is 2. The van der Waals surface area contributed by atoms with Crippen LogP contribution in [0.5, 0.6) is 0 Å². The van der Waals surface area contributed by atoms with E-state index in [9.17, 15) is 10.1 Å². The molecule has 5 aliphatic rings. The molecule has 2 nitrogen and oxygen atoms in total. The molecule has 0 amide bonds. The van der Waals surface area contributed by atoms with Crippen molar-refractivity contribution >= 4 is 5.78 Å². The second-order valence-electron chi connectivity index (χ2n) is 12.7. The molecule has 31 heavy (non-hydrogen) atoms. The minimum absolute atomic E-state index is 0.0592. The van der Waals surface area contributed by atoms with Gasteiger partial charge >= 0.3 is 0 Å². The smallest absolute Gasteiger partial charge is 0.134 e. The quantitative estimate of drug-likeness (QED) is 0.436. The Balaban J connectivity index is 1.41. The number of allylic oxidation sites excluding steroid dienone is 2. The Labute approximate surface area is 190 Å². The van der Waals surface area contributed by atoms with Gasteiger partial charge in [-0.15, -0.1) is 0 Å². The van der Waals surface area contributed by atoms with Gasteiger partial charge in [-0.1, -0.05) is 64.0 Å². The first-order chi connectivity index (χ1) is 14.8. The van der Waals surface area contributed by atoms with Crippen LogP contribution in [0.1, 0.15) is 117 Å². The number of carbonyl (C=O) groups is 1. The van der Waals surface area contributed by atoms with E-state index in [1.807, 2.05) is 0 Å². The van der Waals surface area contributed by atoms with Gasteiger partial charge in [0.15, 0.2) is 0 Å². The molecule has 0 aliphatic heterocycles. The lowest BCUT2D eigenvalue weighted by Crippen LogP contribution is -2.51. The highest BCUT2D eigenvalue weighted by molar-refractivity contribution is 5.81. The molecule has 0 bridgehead atoms. The van der Waals surface area contributed by atoms with Crippen LogP contribution in [0.15, 0.2) is 11.1 Å². The highest BCUT2D eigenvalue weighted by Crippen LogP contribution is 2.68. The average Bonchev–Trinajstić information content (AvgIpc) is 3.12. The van der Waals surface area contributed by atoms with Crippen LogP contribution in [0.4, 0.5) is 0 Å². The molecule has 0 N–H and O–H groups in total. The SMILES string of the molecule is C[C@H](CC1CCCCC1)[C@H]1CC[C@H]2C3=C(CC[C@]12C)[C@@]1(C)CCC(=O)CC1(C#N)CC3. The lowest BCUT2D eigenvalue weighted by Gasteiger charge is -2.57. The summed E-state index contributed by atoms with van der Waals surface area (Å²) in [7, 11) is 0. The zero-order valence-corrected chi connectivity index (χ0v) is 20.3. The van der Waals surface area contributed by atoms with Crippen molar-refractivity contribution in [2.75, 3.05) is 0 Å². The number of carbonyl (C=O) groups excluding carboxylic acids is 1. The predicted molar refractivity (Wildman–Crippen MR) is 125 cm³/mol. The third-order valence-corrected chi connectivity index (χ3v) is 11.4. The normalized spacial score (nSPS) is 44.3. The van der Waals surface area contributed by atoms with E-state index in [-0.39, 0.29) is 5.41 Å². The molecule has 3 saturated carbocycles. The van der Waals surface area contributed by atoms with Crippen molar-refractivity contribution in [1.29, 1.82) is 5.26 Å². The van der Waals surface area contributed by atoms with E-state index >= 15 is 0 Å². The van der Waals surface area contributed by atoms with Gasteiger partial charge in [0.05, 0.1) is 11.5 Å². The maximum Gasteiger partial charge on any atom is 0.134 e. The molecule has 0 saturated heterocycles. The Kier molecular flexibility index (Phi) is 5.43. The van der Waals surface area contributed by atoms with Crippen molar-refractivity contribution < 1.29 is 4.79 Å². The molecule has 170 valence electrons. The Morgan fingerprint density at radius 2 is 1.77 bits per heavy atom. The van der Waals surface area contributed by atoms with Gasteiger partial charge in [-0.2, -0.15) is 5.26 Å². The van der Waals surface area contributed by atoms with Gasteiger partial charge in [0.2, 0.25) is 0 Å². The third-order valence-electron chi connectivity index (χ3n) is 11.4. The molecule has 0 heterocycles. The number of nitrogens with zero attached hydrogens (tertiary/aromatic N) is 1. The summed E-state index contributed by atoms with van der Waals surface area (Å²) in [5.41, 5.74) is 3.36. The summed E-state index contributed by atoms with van der Waals surface area (Å²) in [5.74, 6) is 3.76. The van der Waals surface area contributed by atoms with Crippen LogP contribution in [-0.2, 0) is 4.79 Å². The Morgan fingerprint density at radius 1 is 1.00 bits per heavy atom. The van der Waals surface area contributed by atoms with E-state index in [4.69, 9.17) is 0 Å². The first-order valence-electron chi connectivity index (χ1n) is 13.5. The van der Waals surface area contributed by atoms with E-state index in [0.29, 0.717) is 24.0 Å². The largest absolute Gasteiger partial charge is 0.300 e. The molecule has 5 aliphatic carbocycles. The van der Waals surface area contributed by atoms with Crippen LogP contribution < -0.4 is 0 Å². The fourth-order valence-electron chi connectivity index (χ4n) is 9.58. The number of ketones is 1. The van der Waals surface area contributed by atoms with Crippen molar-refractivity contribution in [3.63, 3.8) is 0 Å². The summed E-state index contributed by atoms with van der Waals surface area (Å²) in [6.07, 6.45) is 18.1. The molecule has 0 aromatic heterocycles. The van der Waals surface area contributed by atoms with Crippen LogP contribution in [0.2, 0.25) is 0 Å². The van der Waals surface area contributed by atoms with Crippen molar-refractivity contribution in [2.45, 2.75) is 117 Å². The van der Waals surface area contributed by atoms with Crippen LogP contribution in [0.25, 0.3) is 0 Å². The molecule has 5 rings (SSSR count). The number of hydrogen-bond donors (Lipinski definition) is 0. The molecule has 0 aromatic rings. The van der Waals surface area contributed by atoms with Gasteiger partial charge in [-0.25, -0.2) is 0 Å². The van der Waals surface area contributed by atoms with Gasteiger partial charge in [0.1, 0.15) is 5.78 Å². The van der Waals surface area contributed by atoms with Gasteiger partial charge in [-0.05, 0) is 80.5 Å². The van der Waals surface area contributed by atoms with Crippen LogP contribution in [-0.4, -0.2) is 5.78 Å². The molecule has 0 radical (unpaired) electrons. The fourth-order valence-corrected chi connectivity index (χ4v) is 9.58. The molecule has 2 heteroatoms. The van der Waals surface area contributed by atoms with Gasteiger partial charge < -0.3 is 0 Å². The highest BCUT2D eigenvalue weighted by Gasteiger charge is 2.61. The lowest BCUT2D eigenvalue weighted by molar-refractivity contribution is -0.127. The summed E-state index contributed by atoms with van der Waals surface area (Å²) in [6.45, 7) is 7.57. The zero-order chi connectivity index (χ0) is 21.9. The first-order valence-corrected chi connectivity index (χ1v) is 13.5. The fraction of sp³-hybridized carbons (Fsp3) is 0.862. The van der Waals surface area contributed by atoms with Crippen molar-refractivity contribution in [1.82, 2.24) is 0 Å². The monoisotopic (exact) mass is 421 g/mol. The molecular formula is C29H43NO. The standard InChI is InChI=1S/C29H43NO/c1-20(17-21-7-5-4-6-8-21)24-9-10-25-23-12-16-29(19-30)18-22(31)11-15-28(29,3)26(23)13-14-27(24,25)2/h20-21,24-25H,4-18H2,1-3H3/t20-,24-,25+,27-,28-,29?/m1/s1. The Morgan fingerprint density at radius 3 is 2.52 bits per heavy atom. The van der Waals surface area contributed by atoms with Crippen molar-refractivity contribution in [3.8, 4) is 6.07 Å². The van der Waals surface area contributed by atoms with Gasteiger partial charge in [0.25, 0.3) is 0 Å². The summed E-state index contributed by atoms with van der Waals surface area (Å²) in [4.78, 5) is 12.3. The summed E-state index contributed by atoms with van der Waals surface area (Å²) < 4.78 is 0. The number of rotatable bonds is 3. The second kappa shape index (κ2) is 7.74. The molecule has 0 spiro atoms. The second-order valence-corrected chi connectivity index (χ2v) is 12.7. The van der Waals surface area contributed by atoms with E-state index < -0.39 is 5.41 Å². The lowest BCUT2D eigenvalue weighted by atomic mass is 9.45. The first kappa shape index (κ1) is 21.7. The minimum atomic E-state index is -0.429. The third kappa shape index (κ3) is 3.20. The minimum Gasteiger partial charge on any atom is -0.300 e. The van der Waals surface area contributed by atoms with Crippen molar-refractivity contribution in [3.05, 3.63) is 11.1 Å². The number of fused-ring (bicyclic) bond motifs is 4. The van der Waals surface area contributed by atoms with E-state index in [1.165, 1.54) is 64.2 Å². The highest BCUT2D eigenvalue weighted by atomic mass is 16.1. The van der Waals surface area contributed by atoms with Crippen LogP contribution >= 0.6 is 0 Å². The Bertz CT molecular complexity index is 813. The number of Topliss-reactive ketones (excluding diaryl/α,β-unsaturated/α-hetero) is 1. The van der Waals surface area contributed by atoms with E-state index in [2.05, 4.69) is 26.8 Å². The molecule has 0 aromatic carbocycles. The molecule has 6 atom stereocenters. The summed E-state index contributed by atoms with van der Waals surface area (Å²) >= 11 is 0. The van der Waals surface area contributed by atoms with Gasteiger partial charge in [-0.3, -0.25) is 4.79 Å². The molecule has 1 unspecified atom stereocenters. The van der Waals surface area contributed by atoms with Crippen molar-refractivity contribution in [2.24, 2.45) is 39.9 Å². The van der Waals surface area contributed by atoms with E-state index in [0.717, 1.165) is 42.9 Å². The van der Waals surface area contributed by atoms with Gasteiger partial charge in [0, 0.05) is 18.3 Å². The average molecular weight is 422 g/mol. The maximum atomic E-state index is 12.3. The molecular weight excluding hydrogens is 378 g/mol. The number of nitriles is 1.